The third kappa shape index (κ3) is 5.61. The maximum atomic E-state index is 9.61. The molecule has 0 aromatic carbocycles. The van der Waals surface area contributed by atoms with Gasteiger partial charge in [0.1, 0.15) is 0 Å². The van der Waals surface area contributed by atoms with Crippen LogP contribution in [0.1, 0.15) is 58.8 Å². The van der Waals surface area contributed by atoms with Crippen molar-refractivity contribution in [1.82, 2.24) is 5.32 Å². The molecule has 0 spiro atoms. The van der Waals surface area contributed by atoms with Crippen molar-refractivity contribution < 1.29 is 5.11 Å². The van der Waals surface area contributed by atoms with E-state index in [-0.39, 0.29) is 0 Å². The molecular formula is C12H25NO. The Kier molecular flexibility index (Phi) is 4.90. The minimum absolute atomic E-state index is 0.567. The van der Waals surface area contributed by atoms with Crippen molar-refractivity contribution in [2.45, 2.75) is 70.4 Å². The van der Waals surface area contributed by atoms with Crippen LogP contribution in [0.15, 0.2) is 0 Å². The van der Waals surface area contributed by atoms with Gasteiger partial charge in [0.05, 0.1) is 5.60 Å². The smallest absolute Gasteiger partial charge is 0.0715 e. The van der Waals surface area contributed by atoms with Gasteiger partial charge in [-0.1, -0.05) is 32.1 Å². The summed E-state index contributed by atoms with van der Waals surface area (Å²) in [6, 6.07) is 0.640. The molecule has 0 amide bonds. The molecule has 1 aliphatic carbocycles. The minimum atomic E-state index is -0.567. The molecule has 1 saturated carbocycles. The van der Waals surface area contributed by atoms with Gasteiger partial charge < -0.3 is 10.4 Å². The number of hydrogen-bond donors (Lipinski definition) is 2. The van der Waals surface area contributed by atoms with Crippen molar-refractivity contribution >= 4 is 0 Å². The lowest BCUT2D eigenvalue weighted by Gasteiger charge is -2.25. The Morgan fingerprint density at radius 3 is 2.07 bits per heavy atom. The predicted octanol–water partition coefficient (Wildman–Crippen LogP) is 2.46. The third-order valence-electron chi connectivity index (χ3n) is 2.93. The van der Waals surface area contributed by atoms with Crippen molar-refractivity contribution in [3.8, 4) is 0 Å². The molecule has 0 aliphatic heterocycles. The first-order valence-electron chi connectivity index (χ1n) is 6.04. The van der Waals surface area contributed by atoms with Crippen molar-refractivity contribution in [2.24, 2.45) is 0 Å². The molecule has 1 aliphatic rings. The van der Waals surface area contributed by atoms with Crippen molar-refractivity contribution in [3.63, 3.8) is 0 Å². The van der Waals surface area contributed by atoms with Crippen LogP contribution in [-0.2, 0) is 0 Å². The number of aliphatic hydroxyl groups is 1. The molecule has 0 atom stereocenters. The first-order chi connectivity index (χ1) is 6.58. The Hall–Kier alpha value is -0.0800. The summed E-state index contributed by atoms with van der Waals surface area (Å²) in [6.07, 6.45) is 9.47. The van der Waals surface area contributed by atoms with Gasteiger partial charge in [-0.2, -0.15) is 0 Å². The molecule has 2 N–H and O–H groups in total. The highest BCUT2D eigenvalue weighted by molar-refractivity contribution is 4.75. The van der Waals surface area contributed by atoms with Gasteiger partial charge in [0.2, 0.25) is 0 Å². The van der Waals surface area contributed by atoms with Crippen molar-refractivity contribution in [3.05, 3.63) is 0 Å². The second kappa shape index (κ2) is 5.72. The van der Waals surface area contributed by atoms with Crippen LogP contribution in [-0.4, -0.2) is 23.3 Å². The average molecular weight is 199 g/mol. The fraction of sp³-hybridized carbons (Fsp3) is 1.00. The second-order valence-corrected chi connectivity index (χ2v) is 5.24. The molecule has 1 rings (SSSR count). The number of hydrogen-bond acceptors (Lipinski definition) is 2. The molecule has 84 valence electrons. The lowest BCUT2D eigenvalue weighted by Crippen LogP contribution is -2.40. The molecule has 2 nitrogen and oxygen atoms in total. The molecule has 1 fully saturated rings. The van der Waals surface area contributed by atoms with Crippen LogP contribution >= 0.6 is 0 Å². The zero-order valence-electron chi connectivity index (χ0n) is 9.68. The standard InChI is InChI=1S/C12H25NO/c1-12(2,14)10-13-11-8-6-4-3-5-7-9-11/h11,13-14H,3-10H2,1-2H3. The second-order valence-electron chi connectivity index (χ2n) is 5.24. The Balaban J connectivity index is 2.20. The number of nitrogens with one attached hydrogen (secondary N) is 1. The summed E-state index contributed by atoms with van der Waals surface area (Å²) in [7, 11) is 0. The van der Waals surface area contributed by atoms with Gasteiger partial charge in [-0.3, -0.25) is 0 Å². The first-order valence-corrected chi connectivity index (χ1v) is 6.04. The molecule has 0 bridgehead atoms. The lowest BCUT2D eigenvalue weighted by atomic mass is 9.96. The summed E-state index contributed by atoms with van der Waals surface area (Å²) in [5.74, 6) is 0. The van der Waals surface area contributed by atoms with Gasteiger partial charge in [-0.05, 0) is 26.7 Å². The summed E-state index contributed by atoms with van der Waals surface area (Å²) < 4.78 is 0. The third-order valence-corrected chi connectivity index (χ3v) is 2.93. The summed E-state index contributed by atoms with van der Waals surface area (Å²) in [5.41, 5.74) is -0.567. The van der Waals surface area contributed by atoms with Crippen LogP contribution in [0.2, 0.25) is 0 Å². The maximum absolute atomic E-state index is 9.61. The van der Waals surface area contributed by atoms with E-state index in [0.29, 0.717) is 6.04 Å². The molecule has 14 heavy (non-hydrogen) atoms. The van der Waals surface area contributed by atoms with Gasteiger partial charge in [0.15, 0.2) is 0 Å². The van der Waals surface area contributed by atoms with Crippen molar-refractivity contribution in [2.75, 3.05) is 6.54 Å². The van der Waals surface area contributed by atoms with Crippen LogP contribution in [0.5, 0.6) is 0 Å². The zero-order valence-corrected chi connectivity index (χ0v) is 9.68. The molecule has 0 aromatic heterocycles. The fourth-order valence-corrected chi connectivity index (χ4v) is 2.05. The zero-order chi connectivity index (χ0) is 10.4. The van der Waals surface area contributed by atoms with Gasteiger partial charge in [0, 0.05) is 12.6 Å². The Labute approximate surface area is 88.1 Å². The van der Waals surface area contributed by atoms with E-state index in [9.17, 15) is 5.11 Å². The summed E-state index contributed by atoms with van der Waals surface area (Å²) in [6.45, 7) is 4.45. The van der Waals surface area contributed by atoms with E-state index in [0.717, 1.165) is 6.54 Å². The van der Waals surface area contributed by atoms with E-state index >= 15 is 0 Å². The van der Waals surface area contributed by atoms with E-state index < -0.39 is 5.60 Å². The quantitative estimate of drug-likeness (QED) is 0.732. The summed E-state index contributed by atoms with van der Waals surface area (Å²) in [4.78, 5) is 0. The van der Waals surface area contributed by atoms with E-state index in [2.05, 4.69) is 5.32 Å². The molecule has 0 heterocycles. The van der Waals surface area contributed by atoms with E-state index in [4.69, 9.17) is 0 Å². The van der Waals surface area contributed by atoms with E-state index in [1.165, 1.54) is 44.9 Å². The summed E-state index contributed by atoms with van der Waals surface area (Å²) >= 11 is 0. The maximum Gasteiger partial charge on any atom is 0.0715 e. The lowest BCUT2D eigenvalue weighted by molar-refractivity contribution is 0.0751. The van der Waals surface area contributed by atoms with Crippen LogP contribution in [0.4, 0.5) is 0 Å². The molecule has 0 saturated heterocycles. The summed E-state index contributed by atoms with van der Waals surface area (Å²) in [5, 5.41) is 13.1. The first kappa shape index (κ1) is 12.0. The Morgan fingerprint density at radius 2 is 1.57 bits per heavy atom. The van der Waals surface area contributed by atoms with E-state index in [1.54, 1.807) is 0 Å². The van der Waals surface area contributed by atoms with Crippen LogP contribution in [0.25, 0.3) is 0 Å². The molecular weight excluding hydrogens is 174 g/mol. The van der Waals surface area contributed by atoms with Crippen LogP contribution in [0, 0.1) is 0 Å². The predicted molar refractivity (Wildman–Crippen MR) is 60.4 cm³/mol. The van der Waals surface area contributed by atoms with Crippen LogP contribution in [0.3, 0.4) is 0 Å². The SMILES string of the molecule is CC(C)(O)CNC1CCCCCCC1. The van der Waals surface area contributed by atoms with E-state index in [1.807, 2.05) is 13.8 Å². The van der Waals surface area contributed by atoms with Gasteiger partial charge in [0.25, 0.3) is 0 Å². The molecule has 0 unspecified atom stereocenters. The number of rotatable bonds is 3. The normalized spacial score (nSPS) is 21.6. The molecule has 2 heteroatoms. The van der Waals surface area contributed by atoms with Crippen LogP contribution < -0.4 is 5.32 Å². The van der Waals surface area contributed by atoms with Gasteiger partial charge in [-0.15, -0.1) is 0 Å². The Bertz CT molecular complexity index is 143. The highest BCUT2D eigenvalue weighted by Gasteiger charge is 2.16. The topological polar surface area (TPSA) is 32.3 Å². The highest BCUT2D eigenvalue weighted by atomic mass is 16.3. The highest BCUT2D eigenvalue weighted by Crippen LogP contribution is 2.17. The molecule has 0 aromatic rings. The largest absolute Gasteiger partial charge is 0.389 e. The van der Waals surface area contributed by atoms with Gasteiger partial charge >= 0.3 is 0 Å². The van der Waals surface area contributed by atoms with Gasteiger partial charge in [-0.25, -0.2) is 0 Å². The monoisotopic (exact) mass is 199 g/mol. The molecule has 0 radical (unpaired) electrons. The van der Waals surface area contributed by atoms with Crippen molar-refractivity contribution in [1.29, 1.82) is 0 Å². The fourth-order valence-electron chi connectivity index (χ4n) is 2.05. The minimum Gasteiger partial charge on any atom is -0.389 e. The Morgan fingerprint density at radius 1 is 1.07 bits per heavy atom. The average Bonchev–Trinajstić information content (AvgIpc) is 2.00.